The average Bonchev–Trinajstić information content (AvgIpc) is 2.73. The number of methoxy groups -OCH3 is 1. The fourth-order valence-electron chi connectivity index (χ4n) is 3.45. The zero-order chi connectivity index (χ0) is 19.5. The van der Waals surface area contributed by atoms with E-state index in [4.69, 9.17) is 9.72 Å². The van der Waals surface area contributed by atoms with Gasteiger partial charge in [0.05, 0.1) is 18.4 Å². The third-order valence-electron chi connectivity index (χ3n) is 4.86. The predicted octanol–water partition coefficient (Wildman–Crippen LogP) is 2.18. The number of esters is 1. The van der Waals surface area contributed by atoms with Crippen molar-refractivity contribution in [2.24, 2.45) is 0 Å². The highest BCUT2D eigenvalue weighted by Crippen LogP contribution is 2.20. The van der Waals surface area contributed by atoms with Crippen molar-refractivity contribution in [1.29, 1.82) is 0 Å². The molecule has 0 unspecified atom stereocenters. The van der Waals surface area contributed by atoms with Crippen molar-refractivity contribution in [3.63, 3.8) is 0 Å². The highest BCUT2D eigenvalue weighted by molar-refractivity contribution is 5.89. The Morgan fingerprint density at radius 2 is 2.07 bits per heavy atom. The largest absolute Gasteiger partial charge is 0.465 e. The molecule has 3 aromatic rings. The number of hydrogen-bond acceptors (Lipinski definition) is 6. The van der Waals surface area contributed by atoms with Crippen LogP contribution in [0.25, 0.3) is 11.4 Å². The quantitative estimate of drug-likeness (QED) is 0.702. The molecule has 142 valence electrons. The number of H-pyrrole nitrogens is 1. The smallest absolute Gasteiger partial charge is 0.337 e. The first-order chi connectivity index (χ1) is 13.6. The number of hydrogen-bond donors (Lipinski definition) is 1. The van der Waals surface area contributed by atoms with Crippen LogP contribution in [0, 0.1) is 0 Å². The van der Waals surface area contributed by atoms with Crippen molar-refractivity contribution in [3.05, 3.63) is 81.5 Å². The molecule has 3 heterocycles. The number of aromatic amines is 1. The lowest BCUT2D eigenvalue weighted by Gasteiger charge is -2.27. The molecule has 1 aliphatic rings. The topological polar surface area (TPSA) is 88.2 Å². The van der Waals surface area contributed by atoms with Crippen LogP contribution in [0.1, 0.15) is 27.2 Å². The Hall–Kier alpha value is -3.32. The van der Waals surface area contributed by atoms with E-state index in [9.17, 15) is 9.59 Å². The van der Waals surface area contributed by atoms with Crippen LogP contribution in [0.5, 0.6) is 0 Å². The second-order valence-electron chi connectivity index (χ2n) is 6.73. The highest BCUT2D eigenvalue weighted by atomic mass is 16.5. The second-order valence-corrected chi connectivity index (χ2v) is 6.73. The number of nitrogens with one attached hydrogen (secondary N) is 1. The van der Waals surface area contributed by atoms with Crippen molar-refractivity contribution in [1.82, 2.24) is 19.9 Å². The fraction of sp³-hybridized carbons (Fsp3) is 0.238. The summed E-state index contributed by atoms with van der Waals surface area (Å²) in [6.07, 6.45) is 4.00. The Labute approximate surface area is 162 Å². The van der Waals surface area contributed by atoms with Crippen molar-refractivity contribution in [3.8, 4) is 11.4 Å². The average molecular weight is 376 g/mol. The monoisotopic (exact) mass is 376 g/mol. The number of nitrogens with zero attached hydrogens (tertiary/aromatic N) is 3. The first kappa shape index (κ1) is 18.1. The van der Waals surface area contributed by atoms with Gasteiger partial charge in [-0.2, -0.15) is 0 Å². The number of aromatic nitrogens is 3. The van der Waals surface area contributed by atoms with E-state index < -0.39 is 0 Å². The van der Waals surface area contributed by atoms with Crippen LogP contribution in [-0.4, -0.2) is 39.5 Å². The van der Waals surface area contributed by atoms with E-state index in [1.165, 1.54) is 7.11 Å². The third kappa shape index (κ3) is 3.70. The number of rotatable bonds is 4. The molecule has 28 heavy (non-hydrogen) atoms. The molecule has 4 rings (SSSR count). The van der Waals surface area contributed by atoms with Gasteiger partial charge in [-0.25, -0.2) is 9.78 Å². The Kier molecular flexibility index (Phi) is 4.99. The van der Waals surface area contributed by atoms with E-state index in [1.54, 1.807) is 18.5 Å². The first-order valence-electron chi connectivity index (χ1n) is 9.06. The van der Waals surface area contributed by atoms with Gasteiger partial charge in [-0.15, -0.1) is 0 Å². The lowest BCUT2D eigenvalue weighted by atomic mass is 10.0. The molecule has 0 fully saturated rings. The van der Waals surface area contributed by atoms with Crippen LogP contribution in [0.2, 0.25) is 0 Å². The van der Waals surface area contributed by atoms with Crippen LogP contribution in [0.15, 0.2) is 53.6 Å². The summed E-state index contributed by atoms with van der Waals surface area (Å²) in [4.78, 5) is 38.0. The minimum atomic E-state index is -0.346. The van der Waals surface area contributed by atoms with Crippen LogP contribution in [0.3, 0.4) is 0 Å². The summed E-state index contributed by atoms with van der Waals surface area (Å²) in [7, 11) is 1.38. The van der Waals surface area contributed by atoms with E-state index in [-0.39, 0.29) is 11.5 Å². The molecule has 0 atom stereocenters. The van der Waals surface area contributed by atoms with E-state index in [2.05, 4.69) is 14.9 Å². The molecule has 0 saturated heterocycles. The molecule has 1 N–H and O–H groups in total. The minimum absolute atomic E-state index is 0.0795. The summed E-state index contributed by atoms with van der Waals surface area (Å²) in [5.41, 5.74) is 3.85. The van der Waals surface area contributed by atoms with Gasteiger partial charge in [-0.1, -0.05) is 12.1 Å². The number of pyridine rings is 1. The van der Waals surface area contributed by atoms with Gasteiger partial charge < -0.3 is 9.72 Å². The molecule has 7 heteroatoms. The lowest BCUT2D eigenvalue weighted by molar-refractivity contribution is 0.0600. The van der Waals surface area contributed by atoms with E-state index in [0.29, 0.717) is 30.9 Å². The summed E-state index contributed by atoms with van der Waals surface area (Å²) in [5.74, 6) is 0.210. The highest BCUT2D eigenvalue weighted by Gasteiger charge is 2.21. The summed E-state index contributed by atoms with van der Waals surface area (Å²) in [6, 6.07) is 11.1. The van der Waals surface area contributed by atoms with E-state index in [0.717, 1.165) is 28.9 Å². The Morgan fingerprint density at radius 3 is 2.86 bits per heavy atom. The summed E-state index contributed by atoms with van der Waals surface area (Å²) in [5, 5.41) is 0. The maximum atomic E-state index is 12.5. The molecule has 1 aromatic carbocycles. The number of benzene rings is 1. The fourth-order valence-corrected chi connectivity index (χ4v) is 3.45. The Morgan fingerprint density at radius 1 is 1.25 bits per heavy atom. The molecule has 0 aliphatic carbocycles. The normalized spacial score (nSPS) is 13.8. The minimum Gasteiger partial charge on any atom is -0.465 e. The maximum absolute atomic E-state index is 12.5. The van der Waals surface area contributed by atoms with Crippen LogP contribution in [0.4, 0.5) is 0 Å². The first-order valence-corrected chi connectivity index (χ1v) is 9.06. The number of carbonyl (C=O) groups excluding carboxylic acids is 1. The number of ether oxygens (including phenoxy) is 1. The van der Waals surface area contributed by atoms with E-state index >= 15 is 0 Å². The summed E-state index contributed by atoms with van der Waals surface area (Å²) >= 11 is 0. The van der Waals surface area contributed by atoms with Gasteiger partial charge in [-0.3, -0.25) is 14.7 Å². The maximum Gasteiger partial charge on any atom is 0.337 e. The van der Waals surface area contributed by atoms with Gasteiger partial charge in [0.15, 0.2) is 0 Å². The zero-order valence-electron chi connectivity index (χ0n) is 15.5. The standard InChI is InChI=1S/C21H20N4O3/c1-28-21(27)16-4-2-3-14(11-16)12-25-10-7-17-18(13-25)23-19(24-20(17)26)15-5-8-22-9-6-15/h2-6,8-9,11H,7,10,12-13H2,1H3,(H,23,24,26). The lowest BCUT2D eigenvalue weighted by Crippen LogP contribution is -2.35. The molecule has 0 amide bonds. The SMILES string of the molecule is COC(=O)c1cccc(CN2CCc3c(nc(-c4ccncc4)[nH]c3=O)C2)c1. The van der Waals surface area contributed by atoms with Gasteiger partial charge in [0.2, 0.25) is 0 Å². The molecular formula is C21H20N4O3. The van der Waals surface area contributed by atoms with Crippen molar-refractivity contribution in [2.75, 3.05) is 13.7 Å². The molecule has 1 aliphatic heterocycles. The third-order valence-corrected chi connectivity index (χ3v) is 4.86. The molecule has 7 nitrogen and oxygen atoms in total. The Balaban J connectivity index is 1.57. The van der Waals surface area contributed by atoms with Gasteiger partial charge in [0.1, 0.15) is 5.82 Å². The predicted molar refractivity (Wildman–Crippen MR) is 104 cm³/mol. The second kappa shape index (κ2) is 7.74. The number of fused-ring (bicyclic) bond motifs is 1. The van der Waals surface area contributed by atoms with Crippen LogP contribution < -0.4 is 5.56 Å². The molecule has 2 aromatic heterocycles. The summed E-state index contributed by atoms with van der Waals surface area (Å²) < 4.78 is 4.79. The molecule has 0 radical (unpaired) electrons. The number of carbonyl (C=O) groups is 1. The van der Waals surface area contributed by atoms with Crippen molar-refractivity contribution >= 4 is 5.97 Å². The molecule has 0 saturated carbocycles. The molecule has 0 spiro atoms. The van der Waals surface area contributed by atoms with Gasteiger partial charge >= 0.3 is 5.97 Å². The Bertz CT molecular complexity index is 1060. The van der Waals surface area contributed by atoms with Crippen molar-refractivity contribution < 1.29 is 9.53 Å². The van der Waals surface area contributed by atoms with Gasteiger partial charge in [0, 0.05) is 43.2 Å². The zero-order valence-corrected chi connectivity index (χ0v) is 15.5. The molecular weight excluding hydrogens is 356 g/mol. The van der Waals surface area contributed by atoms with Crippen LogP contribution >= 0.6 is 0 Å². The van der Waals surface area contributed by atoms with Crippen molar-refractivity contribution in [2.45, 2.75) is 19.5 Å². The van der Waals surface area contributed by atoms with E-state index in [1.807, 2.05) is 30.3 Å². The summed E-state index contributed by atoms with van der Waals surface area (Å²) in [6.45, 7) is 2.01. The van der Waals surface area contributed by atoms with Gasteiger partial charge in [-0.05, 0) is 36.2 Å². The van der Waals surface area contributed by atoms with Crippen LogP contribution in [-0.2, 0) is 24.2 Å². The van der Waals surface area contributed by atoms with Gasteiger partial charge in [0.25, 0.3) is 5.56 Å². The molecule has 0 bridgehead atoms.